The number of carbonyl (C=O) groups is 1. The maximum Gasteiger partial charge on any atom is 0.164 e. The summed E-state index contributed by atoms with van der Waals surface area (Å²) in [5.74, 6) is 0.664. The summed E-state index contributed by atoms with van der Waals surface area (Å²) in [6.45, 7) is 1.84. The molecule has 0 amide bonds. The molecular formula is C10H12ClNO. The quantitative estimate of drug-likeness (QED) is 0.549. The van der Waals surface area contributed by atoms with Gasteiger partial charge in [0.15, 0.2) is 5.78 Å². The molecule has 0 bridgehead atoms. The number of Topliss-reactive ketones (excluding diaryl/α,β-unsaturated/α-hetero) is 1. The van der Waals surface area contributed by atoms with Crippen molar-refractivity contribution in [3.8, 4) is 0 Å². The first-order chi connectivity index (χ1) is 6.25. The average molecular weight is 198 g/mol. The molecule has 0 saturated heterocycles. The predicted octanol–water partition coefficient (Wildman–Crippen LogP) is 2.59. The van der Waals surface area contributed by atoms with E-state index in [1.807, 2.05) is 6.92 Å². The molecule has 0 aliphatic heterocycles. The maximum atomic E-state index is 11.5. The van der Waals surface area contributed by atoms with Gasteiger partial charge in [0, 0.05) is 29.8 Å². The van der Waals surface area contributed by atoms with Crippen molar-refractivity contribution in [3.63, 3.8) is 0 Å². The van der Waals surface area contributed by atoms with E-state index in [2.05, 4.69) is 4.98 Å². The van der Waals surface area contributed by atoms with Crippen LogP contribution in [0.25, 0.3) is 0 Å². The van der Waals surface area contributed by atoms with E-state index in [-0.39, 0.29) is 5.78 Å². The van der Waals surface area contributed by atoms with Gasteiger partial charge in [-0.25, -0.2) is 0 Å². The second kappa shape index (κ2) is 4.97. The Morgan fingerprint density at radius 2 is 2.38 bits per heavy atom. The summed E-state index contributed by atoms with van der Waals surface area (Å²) in [6.07, 6.45) is 2.93. The molecule has 2 nitrogen and oxygen atoms in total. The lowest BCUT2D eigenvalue weighted by atomic mass is 10.1. The Hall–Kier alpha value is -0.890. The Kier molecular flexibility index (Phi) is 3.90. The van der Waals surface area contributed by atoms with Gasteiger partial charge >= 0.3 is 0 Å². The van der Waals surface area contributed by atoms with Crippen LogP contribution in [0, 0.1) is 6.92 Å². The van der Waals surface area contributed by atoms with Crippen molar-refractivity contribution in [2.45, 2.75) is 19.8 Å². The largest absolute Gasteiger partial charge is 0.294 e. The third-order valence-corrected chi connectivity index (χ3v) is 2.11. The number of pyridine rings is 1. The van der Waals surface area contributed by atoms with Crippen LogP contribution in [0.3, 0.4) is 0 Å². The minimum Gasteiger partial charge on any atom is -0.294 e. The van der Waals surface area contributed by atoms with Crippen molar-refractivity contribution < 1.29 is 4.79 Å². The summed E-state index contributed by atoms with van der Waals surface area (Å²) in [6, 6.07) is 3.58. The zero-order valence-corrected chi connectivity index (χ0v) is 8.34. The zero-order valence-electron chi connectivity index (χ0n) is 7.59. The second-order valence-corrected chi connectivity index (χ2v) is 3.23. The number of aryl methyl sites for hydroxylation is 1. The van der Waals surface area contributed by atoms with Gasteiger partial charge in [-0.15, -0.1) is 11.6 Å². The van der Waals surface area contributed by atoms with Crippen LogP contribution in [0.5, 0.6) is 0 Å². The summed E-state index contributed by atoms with van der Waals surface area (Å²) >= 11 is 5.51. The molecule has 1 rings (SSSR count). The monoisotopic (exact) mass is 197 g/mol. The molecule has 0 spiro atoms. The first-order valence-corrected chi connectivity index (χ1v) is 4.80. The van der Waals surface area contributed by atoms with E-state index in [0.717, 1.165) is 12.1 Å². The van der Waals surface area contributed by atoms with Gasteiger partial charge in [-0.2, -0.15) is 0 Å². The van der Waals surface area contributed by atoms with Crippen LogP contribution in [-0.2, 0) is 0 Å². The lowest BCUT2D eigenvalue weighted by Gasteiger charge is -2.01. The normalized spacial score (nSPS) is 10.0. The Bertz CT molecular complexity index is 299. The van der Waals surface area contributed by atoms with Crippen LogP contribution in [0.4, 0.5) is 0 Å². The van der Waals surface area contributed by atoms with Crippen molar-refractivity contribution in [2.75, 3.05) is 5.88 Å². The Balaban J connectivity index is 2.71. The highest BCUT2D eigenvalue weighted by Crippen LogP contribution is 2.08. The predicted molar refractivity (Wildman–Crippen MR) is 53.3 cm³/mol. The standard InChI is InChI=1S/C10H12ClNO/c1-8-9(4-3-7-12-8)10(13)5-2-6-11/h3-4,7H,2,5-6H2,1H3. The fourth-order valence-electron chi connectivity index (χ4n) is 1.14. The van der Waals surface area contributed by atoms with Crippen LogP contribution in [0.2, 0.25) is 0 Å². The van der Waals surface area contributed by atoms with E-state index < -0.39 is 0 Å². The summed E-state index contributed by atoms with van der Waals surface area (Å²) in [7, 11) is 0. The highest BCUT2D eigenvalue weighted by Gasteiger charge is 2.07. The summed E-state index contributed by atoms with van der Waals surface area (Å²) in [4.78, 5) is 15.6. The van der Waals surface area contributed by atoms with E-state index in [1.165, 1.54) is 0 Å². The average Bonchev–Trinajstić information content (AvgIpc) is 2.15. The number of hydrogen-bond donors (Lipinski definition) is 0. The molecule has 1 aromatic heterocycles. The lowest BCUT2D eigenvalue weighted by Crippen LogP contribution is -2.02. The van der Waals surface area contributed by atoms with Crippen molar-refractivity contribution in [3.05, 3.63) is 29.6 Å². The van der Waals surface area contributed by atoms with E-state index >= 15 is 0 Å². The van der Waals surface area contributed by atoms with E-state index in [4.69, 9.17) is 11.6 Å². The van der Waals surface area contributed by atoms with Crippen molar-refractivity contribution in [1.29, 1.82) is 0 Å². The molecule has 0 aliphatic carbocycles. The molecule has 13 heavy (non-hydrogen) atoms. The second-order valence-electron chi connectivity index (χ2n) is 2.85. The van der Waals surface area contributed by atoms with Crippen LogP contribution < -0.4 is 0 Å². The summed E-state index contributed by atoms with van der Waals surface area (Å²) in [5, 5.41) is 0. The highest BCUT2D eigenvalue weighted by molar-refractivity contribution is 6.18. The Labute approximate surface area is 82.9 Å². The van der Waals surface area contributed by atoms with Crippen LogP contribution in [0.1, 0.15) is 28.9 Å². The number of ketones is 1. The topological polar surface area (TPSA) is 30.0 Å². The van der Waals surface area contributed by atoms with Gasteiger partial charge < -0.3 is 0 Å². The maximum absolute atomic E-state index is 11.5. The molecule has 1 heterocycles. The fraction of sp³-hybridized carbons (Fsp3) is 0.400. The van der Waals surface area contributed by atoms with Gasteiger partial charge in [0.2, 0.25) is 0 Å². The lowest BCUT2D eigenvalue weighted by molar-refractivity contribution is 0.0981. The van der Waals surface area contributed by atoms with Crippen molar-refractivity contribution >= 4 is 17.4 Å². The van der Waals surface area contributed by atoms with Crippen molar-refractivity contribution in [1.82, 2.24) is 4.98 Å². The number of halogens is 1. The molecule has 0 saturated carbocycles. The van der Waals surface area contributed by atoms with E-state index in [9.17, 15) is 4.79 Å². The number of nitrogens with zero attached hydrogens (tertiary/aromatic N) is 1. The van der Waals surface area contributed by atoms with Gasteiger partial charge in [-0.1, -0.05) is 0 Å². The minimum absolute atomic E-state index is 0.131. The SMILES string of the molecule is Cc1ncccc1C(=O)CCCCl. The summed E-state index contributed by atoms with van der Waals surface area (Å²) < 4.78 is 0. The number of alkyl halides is 1. The third-order valence-electron chi connectivity index (χ3n) is 1.84. The van der Waals surface area contributed by atoms with E-state index in [1.54, 1.807) is 18.3 Å². The molecule has 3 heteroatoms. The summed E-state index contributed by atoms with van der Waals surface area (Å²) in [5.41, 5.74) is 1.51. The number of hydrogen-bond acceptors (Lipinski definition) is 2. The van der Waals surface area contributed by atoms with Gasteiger partial charge in [0.1, 0.15) is 0 Å². The molecule has 0 fully saturated rings. The fourth-order valence-corrected chi connectivity index (χ4v) is 1.27. The molecule has 0 N–H and O–H groups in total. The van der Waals surface area contributed by atoms with Crippen molar-refractivity contribution in [2.24, 2.45) is 0 Å². The van der Waals surface area contributed by atoms with Gasteiger partial charge in [0.25, 0.3) is 0 Å². The number of carbonyl (C=O) groups excluding carboxylic acids is 1. The molecule has 0 atom stereocenters. The third kappa shape index (κ3) is 2.81. The van der Waals surface area contributed by atoms with Crippen LogP contribution in [0.15, 0.2) is 18.3 Å². The van der Waals surface area contributed by atoms with Gasteiger partial charge in [-0.3, -0.25) is 9.78 Å². The van der Waals surface area contributed by atoms with Gasteiger partial charge in [0.05, 0.1) is 0 Å². The Morgan fingerprint density at radius 1 is 1.62 bits per heavy atom. The molecule has 0 aromatic carbocycles. The van der Waals surface area contributed by atoms with E-state index in [0.29, 0.717) is 17.9 Å². The first kappa shape index (κ1) is 10.2. The smallest absolute Gasteiger partial charge is 0.164 e. The highest BCUT2D eigenvalue weighted by atomic mass is 35.5. The molecular weight excluding hydrogens is 186 g/mol. The molecule has 0 radical (unpaired) electrons. The Morgan fingerprint density at radius 3 is 3.00 bits per heavy atom. The van der Waals surface area contributed by atoms with Gasteiger partial charge in [-0.05, 0) is 25.5 Å². The molecule has 1 aromatic rings. The van der Waals surface area contributed by atoms with Crippen LogP contribution >= 0.6 is 11.6 Å². The zero-order chi connectivity index (χ0) is 9.68. The molecule has 0 aliphatic rings. The molecule has 0 unspecified atom stereocenters. The molecule has 70 valence electrons. The minimum atomic E-state index is 0.131. The number of rotatable bonds is 4. The first-order valence-electron chi connectivity index (χ1n) is 4.26. The number of aromatic nitrogens is 1. The van der Waals surface area contributed by atoms with Crippen LogP contribution in [-0.4, -0.2) is 16.6 Å².